The molecule has 1 amide bonds. The Bertz CT molecular complexity index is 1690. The zero-order valence-corrected chi connectivity index (χ0v) is 25.8. The number of carbonyl (C=O) groups excluding carboxylic acids is 1. The topological polar surface area (TPSA) is 93.6 Å². The van der Waals surface area contributed by atoms with Crippen molar-refractivity contribution in [3.63, 3.8) is 0 Å². The molecule has 2 aromatic heterocycles. The minimum atomic E-state index is -0.541. The molecule has 1 fully saturated rings. The molecule has 0 spiro atoms. The van der Waals surface area contributed by atoms with Crippen molar-refractivity contribution in [2.75, 3.05) is 5.75 Å². The maximum atomic E-state index is 12.5. The third kappa shape index (κ3) is 7.67. The van der Waals surface area contributed by atoms with E-state index in [2.05, 4.69) is 58.6 Å². The van der Waals surface area contributed by atoms with Crippen LogP contribution in [0, 0.1) is 5.92 Å². The lowest BCUT2D eigenvalue weighted by Crippen LogP contribution is -2.38. The van der Waals surface area contributed by atoms with Crippen molar-refractivity contribution in [3.8, 4) is 11.1 Å². The molecule has 1 aliphatic rings. The average Bonchev–Trinajstić information content (AvgIpc) is 3.11. The van der Waals surface area contributed by atoms with Crippen LogP contribution in [0.3, 0.4) is 0 Å². The molecule has 6 rings (SSSR count). The summed E-state index contributed by atoms with van der Waals surface area (Å²) in [4.78, 5) is 21.0. The zero-order valence-electron chi connectivity index (χ0n) is 25.0. The fourth-order valence-electron chi connectivity index (χ4n) is 5.38. The van der Waals surface area contributed by atoms with Crippen molar-refractivity contribution in [1.29, 1.82) is 0 Å². The fraction of sp³-hybridized carbons (Fsp3) is 0.216. The number of hydrogen-bond donors (Lipinski definition) is 2. The van der Waals surface area contributed by atoms with Gasteiger partial charge in [-0.1, -0.05) is 79.7 Å². The molecule has 5 aromatic rings. The van der Waals surface area contributed by atoms with Gasteiger partial charge in [0.15, 0.2) is 6.29 Å². The number of nitrogens with zero attached hydrogens (tertiary/aromatic N) is 2. The Kier molecular flexibility index (Phi) is 9.97. The van der Waals surface area contributed by atoms with Gasteiger partial charge in [0.2, 0.25) is 0 Å². The number of aliphatic hydroxyl groups is 1. The third-order valence-electron chi connectivity index (χ3n) is 7.98. The van der Waals surface area contributed by atoms with Crippen molar-refractivity contribution in [2.24, 2.45) is 5.92 Å². The van der Waals surface area contributed by atoms with Crippen molar-refractivity contribution >= 4 is 17.7 Å². The van der Waals surface area contributed by atoms with Gasteiger partial charge in [0.05, 0.1) is 29.4 Å². The number of nitrogens with one attached hydrogen (secondary N) is 1. The summed E-state index contributed by atoms with van der Waals surface area (Å²) in [6.45, 7) is 2.59. The number of carbonyl (C=O) groups is 1. The van der Waals surface area contributed by atoms with Gasteiger partial charge < -0.3 is 19.9 Å². The van der Waals surface area contributed by atoms with Crippen LogP contribution in [0.2, 0.25) is 0 Å². The predicted octanol–water partition coefficient (Wildman–Crippen LogP) is 7.15. The summed E-state index contributed by atoms with van der Waals surface area (Å²) in [6.07, 6.45) is 4.22. The monoisotopic (exact) mass is 617 g/mol. The SMILES string of the molecule is CC1C(CSc2ccccn2)OC(c2ccc(-c3cccc(CNC(=O)c4cccnc4)c3)cc2)OC1c1ccc(CO)cc1. The molecule has 0 saturated carbocycles. The molecule has 45 heavy (non-hydrogen) atoms. The second-order valence-corrected chi connectivity index (χ2v) is 12.1. The lowest BCUT2D eigenvalue weighted by atomic mass is 9.91. The van der Waals surface area contributed by atoms with E-state index in [0.29, 0.717) is 12.1 Å². The minimum absolute atomic E-state index is 0.00568. The number of pyridine rings is 2. The van der Waals surface area contributed by atoms with E-state index in [1.165, 1.54) is 0 Å². The van der Waals surface area contributed by atoms with Gasteiger partial charge in [-0.15, -0.1) is 11.8 Å². The van der Waals surface area contributed by atoms with Crippen LogP contribution in [-0.2, 0) is 22.6 Å². The molecule has 8 heteroatoms. The molecule has 4 unspecified atom stereocenters. The predicted molar refractivity (Wildman–Crippen MR) is 175 cm³/mol. The first-order valence-corrected chi connectivity index (χ1v) is 16.0. The Hall–Kier alpha value is -4.34. The first-order valence-electron chi connectivity index (χ1n) is 15.0. The molecule has 0 bridgehead atoms. The Balaban J connectivity index is 1.18. The van der Waals surface area contributed by atoms with E-state index in [1.807, 2.05) is 54.6 Å². The van der Waals surface area contributed by atoms with Crippen LogP contribution in [-0.4, -0.2) is 32.8 Å². The number of thioether (sulfide) groups is 1. The highest BCUT2D eigenvalue weighted by molar-refractivity contribution is 7.99. The van der Waals surface area contributed by atoms with Crippen LogP contribution in [0.15, 0.2) is 127 Å². The smallest absolute Gasteiger partial charge is 0.253 e. The van der Waals surface area contributed by atoms with Gasteiger partial charge in [0, 0.05) is 42.4 Å². The fourth-order valence-corrected chi connectivity index (χ4v) is 6.41. The van der Waals surface area contributed by atoms with Crippen LogP contribution >= 0.6 is 11.8 Å². The number of hydrogen-bond acceptors (Lipinski definition) is 7. The zero-order chi connectivity index (χ0) is 31.0. The Morgan fingerprint density at radius 3 is 2.40 bits per heavy atom. The van der Waals surface area contributed by atoms with Crippen molar-refractivity contribution in [2.45, 2.75) is 43.6 Å². The first kappa shape index (κ1) is 30.7. The number of amides is 1. The molecule has 7 nitrogen and oxygen atoms in total. The van der Waals surface area contributed by atoms with Crippen LogP contribution < -0.4 is 5.32 Å². The quantitative estimate of drug-likeness (QED) is 0.161. The van der Waals surface area contributed by atoms with Crippen LogP contribution in [0.4, 0.5) is 0 Å². The molecule has 3 heterocycles. The summed E-state index contributed by atoms with van der Waals surface area (Å²) >= 11 is 1.68. The van der Waals surface area contributed by atoms with Crippen LogP contribution in [0.5, 0.6) is 0 Å². The largest absolute Gasteiger partial charge is 0.392 e. The van der Waals surface area contributed by atoms with Crippen molar-refractivity contribution in [1.82, 2.24) is 15.3 Å². The summed E-state index contributed by atoms with van der Waals surface area (Å²) in [5.74, 6) is 0.683. The molecule has 0 aliphatic carbocycles. The van der Waals surface area contributed by atoms with Crippen molar-refractivity contribution < 1.29 is 19.4 Å². The van der Waals surface area contributed by atoms with Crippen molar-refractivity contribution in [3.05, 3.63) is 150 Å². The molecule has 0 radical (unpaired) electrons. The van der Waals surface area contributed by atoms with E-state index in [9.17, 15) is 9.90 Å². The van der Waals surface area contributed by atoms with Gasteiger partial charge in [-0.05, 0) is 58.1 Å². The van der Waals surface area contributed by atoms with Gasteiger partial charge in [-0.2, -0.15) is 0 Å². The number of aliphatic hydroxyl groups excluding tert-OH is 1. The van der Waals surface area contributed by atoms with Gasteiger partial charge in [0.1, 0.15) is 0 Å². The molecule has 4 atom stereocenters. The highest BCUT2D eigenvalue weighted by Crippen LogP contribution is 2.43. The van der Waals surface area contributed by atoms with E-state index >= 15 is 0 Å². The molecule has 228 valence electrons. The maximum Gasteiger partial charge on any atom is 0.253 e. The molecular formula is C37H35N3O4S. The third-order valence-corrected chi connectivity index (χ3v) is 9.01. The lowest BCUT2D eigenvalue weighted by molar-refractivity contribution is -0.268. The second kappa shape index (κ2) is 14.6. The standard InChI is InChI=1S/C37H35N3O4S/c1-25-33(24-45-34-9-2-3-19-39-34)43-37(44-35(25)29-12-10-26(23-41)11-13-29)30-16-14-28(15-17-30)31-7-4-6-27(20-31)21-40-36(42)32-8-5-18-38-22-32/h2-20,22,25,33,35,37,41H,21,23-24H2,1H3,(H,40,42). The highest BCUT2D eigenvalue weighted by atomic mass is 32.2. The number of aromatic nitrogens is 2. The van der Waals surface area contributed by atoms with E-state index in [-0.39, 0.29) is 30.6 Å². The summed E-state index contributed by atoms with van der Waals surface area (Å²) in [7, 11) is 0. The maximum absolute atomic E-state index is 12.5. The van der Waals surface area contributed by atoms with Gasteiger partial charge in [-0.25, -0.2) is 4.98 Å². The van der Waals surface area contributed by atoms with E-state index in [4.69, 9.17) is 9.47 Å². The number of ether oxygens (including phenoxy) is 2. The number of benzene rings is 3. The van der Waals surface area contributed by atoms with Crippen LogP contribution in [0.1, 0.15) is 51.9 Å². The highest BCUT2D eigenvalue weighted by Gasteiger charge is 2.38. The molecule has 1 aliphatic heterocycles. The Morgan fingerprint density at radius 1 is 0.844 bits per heavy atom. The summed E-state index contributed by atoms with van der Waals surface area (Å²) in [6, 6.07) is 33.8. The second-order valence-electron chi connectivity index (χ2n) is 11.0. The minimum Gasteiger partial charge on any atom is -0.392 e. The summed E-state index contributed by atoms with van der Waals surface area (Å²) in [5.41, 5.74) is 6.52. The lowest BCUT2D eigenvalue weighted by Gasteiger charge is -2.41. The van der Waals surface area contributed by atoms with Crippen LogP contribution in [0.25, 0.3) is 11.1 Å². The molecular weight excluding hydrogens is 582 g/mol. The van der Waals surface area contributed by atoms with E-state index in [0.717, 1.165) is 44.2 Å². The molecule has 1 saturated heterocycles. The number of rotatable bonds is 10. The summed E-state index contributed by atoms with van der Waals surface area (Å²) in [5, 5.41) is 13.5. The molecule has 3 aromatic carbocycles. The molecule has 2 N–H and O–H groups in total. The Morgan fingerprint density at radius 2 is 1.67 bits per heavy atom. The van der Waals surface area contributed by atoms with E-state index < -0.39 is 6.29 Å². The average molecular weight is 618 g/mol. The van der Waals surface area contributed by atoms with Gasteiger partial charge in [0.25, 0.3) is 5.91 Å². The normalized spacial score (nSPS) is 19.6. The van der Waals surface area contributed by atoms with Gasteiger partial charge in [-0.3, -0.25) is 9.78 Å². The van der Waals surface area contributed by atoms with Gasteiger partial charge >= 0.3 is 0 Å². The summed E-state index contributed by atoms with van der Waals surface area (Å²) < 4.78 is 13.2. The first-order chi connectivity index (χ1) is 22.1. The Labute approximate surface area is 267 Å². The van der Waals surface area contributed by atoms with E-state index in [1.54, 1.807) is 42.5 Å².